The van der Waals surface area contributed by atoms with Gasteiger partial charge >= 0.3 is 11.9 Å². The summed E-state index contributed by atoms with van der Waals surface area (Å²) in [5.74, 6) is -4.64. The number of ketones is 1. The van der Waals surface area contributed by atoms with Gasteiger partial charge in [0.15, 0.2) is 0 Å². The van der Waals surface area contributed by atoms with Gasteiger partial charge in [0, 0.05) is 18.9 Å². The number of aliphatic carboxylic acids is 1. The molecule has 2 aromatic rings. The van der Waals surface area contributed by atoms with Gasteiger partial charge in [-0.3, -0.25) is 4.79 Å². The van der Waals surface area contributed by atoms with E-state index in [-0.39, 0.29) is 24.0 Å². The van der Waals surface area contributed by atoms with Gasteiger partial charge in [-0.25, -0.2) is 4.79 Å². The van der Waals surface area contributed by atoms with Crippen molar-refractivity contribution in [1.29, 1.82) is 0 Å². The smallest absolute Gasteiger partial charge is 0.375 e. The van der Waals surface area contributed by atoms with Crippen LogP contribution in [0.25, 0.3) is 10.8 Å². The standard InChI is InChI=1S/C26H33F2NO4/c1-25(2,3)14-23(30)18-6-9-21(10-7-18)33-22-11-8-19-12-17(4-5-20(19)13-22)15-29-16-26(27,28)24(31)32/h4-5,8,11-13,18,21,29H,6-7,9-10,14-16H2,1-3H3,(H,31,32). The lowest BCUT2D eigenvalue weighted by atomic mass is 9.79. The van der Waals surface area contributed by atoms with Gasteiger partial charge in [-0.2, -0.15) is 8.78 Å². The molecule has 3 rings (SSSR count). The summed E-state index contributed by atoms with van der Waals surface area (Å²) in [7, 11) is 0. The van der Waals surface area contributed by atoms with Crippen LogP contribution >= 0.6 is 0 Å². The normalized spacial score (nSPS) is 19.4. The first-order chi connectivity index (χ1) is 15.4. The minimum absolute atomic E-state index is 0.0228. The van der Waals surface area contributed by atoms with Crippen LogP contribution in [-0.2, 0) is 16.1 Å². The molecule has 0 saturated heterocycles. The molecule has 0 amide bonds. The molecule has 0 bridgehead atoms. The second-order valence-electron chi connectivity index (χ2n) is 10.3. The van der Waals surface area contributed by atoms with Crippen LogP contribution in [0.5, 0.6) is 5.75 Å². The van der Waals surface area contributed by atoms with Crippen molar-refractivity contribution < 1.29 is 28.2 Å². The number of hydrogen-bond acceptors (Lipinski definition) is 4. The van der Waals surface area contributed by atoms with Gasteiger partial charge in [-0.15, -0.1) is 0 Å². The molecule has 1 saturated carbocycles. The molecule has 2 N–H and O–H groups in total. The van der Waals surface area contributed by atoms with Crippen LogP contribution in [0.4, 0.5) is 8.78 Å². The maximum atomic E-state index is 13.2. The largest absolute Gasteiger partial charge is 0.490 e. The number of benzene rings is 2. The highest BCUT2D eigenvalue weighted by Gasteiger charge is 2.38. The van der Waals surface area contributed by atoms with Crippen LogP contribution in [0.1, 0.15) is 58.4 Å². The molecule has 180 valence electrons. The minimum Gasteiger partial charge on any atom is -0.490 e. The topological polar surface area (TPSA) is 75.6 Å². The Morgan fingerprint density at radius 1 is 1.03 bits per heavy atom. The first-order valence-electron chi connectivity index (χ1n) is 11.5. The highest BCUT2D eigenvalue weighted by atomic mass is 19.3. The van der Waals surface area contributed by atoms with Crippen LogP contribution in [0, 0.1) is 11.3 Å². The van der Waals surface area contributed by atoms with Gasteiger partial charge < -0.3 is 15.2 Å². The van der Waals surface area contributed by atoms with Crippen LogP contribution in [0.2, 0.25) is 0 Å². The molecule has 7 heteroatoms. The van der Waals surface area contributed by atoms with E-state index in [1.165, 1.54) is 0 Å². The molecule has 0 radical (unpaired) electrons. The van der Waals surface area contributed by atoms with Gasteiger partial charge in [0.1, 0.15) is 11.5 Å². The van der Waals surface area contributed by atoms with E-state index in [0.29, 0.717) is 12.2 Å². The number of Topliss-reactive ketones (excluding diaryl/α,β-unsaturated/α-hetero) is 1. The Kier molecular flexibility index (Phi) is 7.73. The predicted octanol–water partition coefficient (Wildman–Crippen LogP) is 5.59. The molecule has 0 spiro atoms. The summed E-state index contributed by atoms with van der Waals surface area (Å²) in [6.45, 7) is 5.51. The maximum Gasteiger partial charge on any atom is 0.375 e. The number of hydrogen-bond donors (Lipinski definition) is 2. The van der Waals surface area contributed by atoms with Crippen LogP contribution in [-0.4, -0.2) is 35.4 Å². The second-order valence-corrected chi connectivity index (χ2v) is 10.3. The first kappa shape index (κ1) is 25.1. The van der Waals surface area contributed by atoms with E-state index in [1.807, 2.05) is 36.4 Å². The van der Waals surface area contributed by atoms with Gasteiger partial charge in [-0.1, -0.05) is 39.0 Å². The molecule has 33 heavy (non-hydrogen) atoms. The van der Waals surface area contributed by atoms with Crippen molar-refractivity contribution in [2.75, 3.05) is 6.54 Å². The van der Waals surface area contributed by atoms with Gasteiger partial charge in [0.25, 0.3) is 0 Å². The van der Waals surface area contributed by atoms with E-state index in [9.17, 15) is 18.4 Å². The van der Waals surface area contributed by atoms with Gasteiger partial charge in [-0.05, 0) is 65.6 Å². The molecular weight excluding hydrogens is 428 g/mol. The lowest BCUT2D eigenvalue weighted by molar-refractivity contribution is -0.164. The number of carboxylic acids is 1. The fourth-order valence-corrected chi connectivity index (χ4v) is 4.26. The van der Waals surface area contributed by atoms with Crippen molar-refractivity contribution in [3.05, 3.63) is 42.0 Å². The number of carboxylic acid groups (broad SMARTS) is 1. The molecule has 5 nitrogen and oxygen atoms in total. The van der Waals surface area contributed by atoms with Crippen LogP contribution in [0.3, 0.4) is 0 Å². The fraction of sp³-hybridized carbons (Fsp3) is 0.538. The number of fused-ring (bicyclic) bond motifs is 1. The van der Waals surface area contributed by atoms with Crippen molar-refractivity contribution in [3.63, 3.8) is 0 Å². The summed E-state index contributed by atoms with van der Waals surface area (Å²) in [5, 5.41) is 12.9. The summed E-state index contributed by atoms with van der Waals surface area (Å²) in [5.41, 5.74) is 0.810. The van der Waals surface area contributed by atoms with E-state index in [1.54, 1.807) is 0 Å². The highest BCUT2D eigenvalue weighted by molar-refractivity contribution is 5.84. The molecule has 0 atom stereocenters. The molecule has 0 unspecified atom stereocenters. The molecule has 1 aliphatic rings. The fourth-order valence-electron chi connectivity index (χ4n) is 4.26. The molecule has 0 heterocycles. The van der Waals surface area contributed by atoms with E-state index < -0.39 is 18.4 Å². The Morgan fingerprint density at radius 3 is 2.30 bits per heavy atom. The van der Waals surface area contributed by atoms with Gasteiger partial charge in [0.05, 0.1) is 12.6 Å². The molecule has 1 fully saturated rings. The molecule has 1 aliphatic carbocycles. The molecule has 0 aliphatic heterocycles. The molecule has 2 aromatic carbocycles. The zero-order valence-electron chi connectivity index (χ0n) is 19.5. The lowest BCUT2D eigenvalue weighted by Crippen LogP contribution is -2.39. The van der Waals surface area contributed by atoms with Crippen molar-refractivity contribution in [3.8, 4) is 5.75 Å². The third-order valence-corrected chi connectivity index (χ3v) is 6.00. The number of alkyl halides is 2. The quantitative estimate of drug-likeness (QED) is 0.509. The summed E-state index contributed by atoms with van der Waals surface area (Å²) >= 11 is 0. The molecule has 0 aromatic heterocycles. The zero-order chi connectivity index (χ0) is 24.2. The third kappa shape index (κ3) is 7.22. The first-order valence-corrected chi connectivity index (χ1v) is 11.5. The number of ether oxygens (including phenoxy) is 1. The third-order valence-electron chi connectivity index (χ3n) is 6.00. The predicted molar refractivity (Wildman–Crippen MR) is 124 cm³/mol. The summed E-state index contributed by atoms with van der Waals surface area (Å²) in [4.78, 5) is 23.0. The van der Waals surface area contributed by atoms with Crippen molar-refractivity contribution in [2.45, 2.75) is 71.4 Å². The Morgan fingerprint density at radius 2 is 1.67 bits per heavy atom. The van der Waals surface area contributed by atoms with Crippen molar-refractivity contribution in [2.24, 2.45) is 11.3 Å². The average molecular weight is 462 g/mol. The van der Waals surface area contributed by atoms with Crippen molar-refractivity contribution >= 4 is 22.5 Å². The zero-order valence-corrected chi connectivity index (χ0v) is 19.5. The Hall–Kier alpha value is -2.54. The Labute approximate surface area is 193 Å². The SMILES string of the molecule is CC(C)(C)CC(=O)C1CCC(Oc2ccc3cc(CNCC(F)(F)C(=O)O)ccc3c2)CC1. The maximum absolute atomic E-state index is 13.2. The average Bonchev–Trinajstić information content (AvgIpc) is 2.73. The van der Waals surface area contributed by atoms with E-state index >= 15 is 0 Å². The van der Waals surface area contributed by atoms with Crippen molar-refractivity contribution in [1.82, 2.24) is 5.32 Å². The van der Waals surface area contributed by atoms with E-state index in [4.69, 9.17) is 9.84 Å². The monoisotopic (exact) mass is 461 g/mol. The van der Waals surface area contributed by atoms with E-state index in [0.717, 1.165) is 47.8 Å². The number of carbonyl (C=O) groups excluding carboxylic acids is 1. The van der Waals surface area contributed by atoms with E-state index in [2.05, 4.69) is 26.1 Å². The Bertz CT molecular complexity index is 991. The van der Waals surface area contributed by atoms with Crippen LogP contribution < -0.4 is 10.1 Å². The number of nitrogens with one attached hydrogen (secondary N) is 1. The summed E-state index contributed by atoms with van der Waals surface area (Å²) in [6.07, 6.45) is 4.18. The minimum atomic E-state index is -3.79. The lowest BCUT2D eigenvalue weighted by Gasteiger charge is -2.30. The number of halogens is 2. The van der Waals surface area contributed by atoms with Gasteiger partial charge in [0.2, 0.25) is 0 Å². The number of rotatable bonds is 9. The second kappa shape index (κ2) is 10.2. The highest BCUT2D eigenvalue weighted by Crippen LogP contribution is 2.32. The Balaban J connectivity index is 1.53. The van der Waals surface area contributed by atoms with Crippen LogP contribution in [0.15, 0.2) is 36.4 Å². The summed E-state index contributed by atoms with van der Waals surface area (Å²) < 4.78 is 32.5. The molecular formula is C26H33F2NO4. The number of carbonyl (C=O) groups is 2. The summed E-state index contributed by atoms with van der Waals surface area (Å²) in [6, 6.07) is 11.4.